The van der Waals surface area contributed by atoms with Crippen LogP contribution >= 0.6 is 0 Å². The summed E-state index contributed by atoms with van der Waals surface area (Å²) in [4.78, 5) is -0.0104. The fraction of sp³-hybridized carbons (Fsp3) is 0.400. The van der Waals surface area contributed by atoms with Crippen LogP contribution in [0.1, 0.15) is 0 Å². The lowest BCUT2D eigenvalue weighted by molar-refractivity contribution is 0.105. The maximum absolute atomic E-state index is 11.5. The van der Waals surface area contributed by atoms with Crippen LogP contribution in [0.3, 0.4) is 0 Å². The molecule has 1 aromatic rings. The van der Waals surface area contributed by atoms with Gasteiger partial charge in [0.1, 0.15) is 5.75 Å². The molecule has 1 atom stereocenters. The van der Waals surface area contributed by atoms with Gasteiger partial charge < -0.3 is 20.6 Å². The lowest BCUT2D eigenvalue weighted by atomic mass is 10.2. The smallest absolute Gasteiger partial charge is 0.240 e. The van der Waals surface area contributed by atoms with Crippen LogP contribution in [0.25, 0.3) is 0 Å². The predicted octanol–water partition coefficient (Wildman–Crippen LogP) is -0.935. The predicted molar refractivity (Wildman–Crippen MR) is 65.9 cm³/mol. The van der Waals surface area contributed by atoms with Gasteiger partial charge in [-0.1, -0.05) is 0 Å². The van der Waals surface area contributed by atoms with E-state index in [1.54, 1.807) is 0 Å². The van der Waals surface area contributed by atoms with Gasteiger partial charge in [-0.25, -0.2) is 13.1 Å². The minimum Gasteiger partial charge on any atom is -0.506 e. The molecule has 5 N–H and O–H groups in total. The van der Waals surface area contributed by atoms with Crippen molar-refractivity contribution in [3.8, 4) is 5.75 Å². The Morgan fingerprint density at radius 1 is 1.39 bits per heavy atom. The summed E-state index contributed by atoms with van der Waals surface area (Å²) in [6.45, 7) is -0.435. The number of aliphatic hydroxyl groups is 2. The number of anilines is 1. The van der Waals surface area contributed by atoms with Crippen molar-refractivity contribution in [2.75, 3.05) is 25.5 Å². The molecule has 0 bridgehead atoms. The van der Waals surface area contributed by atoms with E-state index in [2.05, 4.69) is 10.0 Å². The van der Waals surface area contributed by atoms with Gasteiger partial charge in [-0.2, -0.15) is 0 Å². The maximum Gasteiger partial charge on any atom is 0.240 e. The van der Waals surface area contributed by atoms with Crippen LogP contribution in [0.15, 0.2) is 23.1 Å². The van der Waals surface area contributed by atoms with Gasteiger partial charge in [0.2, 0.25) is 10.0 Å². The molecule has 8 heteroatoms. The summed E-state index contributed by atoms with van der Waals surface area (Å²) < 4.78 is 25.3. The number of benzene rings is 1. The lowest BCUT2D eigenvalue weighted by Crippen LogP contribution is -2.23. The molecule has 1 rings (SSSR count). The zero-order valence-corrected chi connectivity index (χ0v) is 10.6. The number of rotatable bonds is 6. The Morgan fingerprint density at radius 3 is 2.61 bits per heavy atom. The van der Waals surface area contributed by atoms with E-state index >= 15 is 0 Å². The van der Waals surface area contributed by atoms with Crippen LogP contribution in [0.4, 0.5) is 5.69 Å². The van der Waals surface area contributed by atoms with Crippen molar-refractivity contribution in [2.45, 2.75) is 11.0 Å². The summed E-state index contributed by atoms with van der Waals surface area (Å²) >= 11 is 0. The monoisotopic (exact) mass is 276 g/mol. The highest BCUT2D eigenvalue weighted by Crippen LogP contribution is 2.26. The fourth-order valence-electron chi connectivity index (χ4n) is 1.23. The zero-order chi connectivity index (χ0) is 13.8. The second-order valence-corrected chi connectivity index (χ2v) is 5.49. The molecule has 0 spiro atoms. The summed E-state index contributed by atoms with van der Waals surface area (Å²) in [5, 5.41) is 30.0. The lowest BCUT2D eigenvalue weighted by Gasteiger charge is -2.12. The summed E-state index contributed by atoms with van der Waals surface area (Å²) in [5.41, 5.74) is 0.166. The molecule has 0 aliphatic rings. The minimum atomic E-state index is -3.59. The molecule has 18 heavy (non-hydrogen) atoms. The Bertz CT molecular complexity index is 503. The van der Waals surface area contributed by atoms with E-state index < -0.39 is 22.7 Å². The van der Waals surface area contributed by atoms with Crippen molar-refractivity contribution in [1.82, 2.24) is 4.72 Å². The SMILES string of the molecule is CNS(=O)(=O)c1ccc(O)c(NCC(O)CO)c1. The van der Waals surface area contributed by atoms with Crippen LogP contribution < -0.4 is 10.0 Å². The van der Waals surface area contributed by atoms with Crippen molar-refractivity contribution in [1.29, 1.82) is 0 Å². The van der Waals surface area contributed by atoms with Crippen LogP contribution in [0.5, 0.6) is 5.75 Å². The zero-order valence-electron chi connectivity index (χ0n) is 9.79. The van der Waals surface area contributed by atoms with E-state index in [9.17, 15) is 13.5 Å². The Hall–Kier alpha value is -1.35. The van der Waals surface area contributed by atoms with Gasteiger partial charge in [-0.3, -0.25) is 0 Å². The summed E-state index contributed by atoms with van der Waals surface area (Å²) in [7, 11) is -2.31. The van der Waals surface area contributed by atoms with Crippen molar-refractivity contribution in [2.24, 2.45) is 0 Å². The molecular weight excluding hydrogens is 260 g/mol. The fourth-order valence-corrected chi connectivity index (χ4v) is 1.99. The van der Waals surface area contributed by atoms with Gasteiger partial charge in [0.05, 0.1) is 23.3 Å². The van der Waals surface area contributed by atoms with E-state index in [4.69, 9.17) is 10.2 Å². The third-order valence-corrected chi connectivity index (χ3v) is 3.70. The Balaban J connectivity index is 2.95. The van der Waals surface area contributed by atoms with Crippen LogP contribution in [-0.4, -0.2) is 50.0 Å². The van der Waals surface area contributed by atoms with Crippen LogP contribution in [0.2, 0.25) is 0 Å². The highest BCUT2D eigenvalue weighted by atomic mass is 32.2. The molecule has 0 fully saturated rings. The summed E-state index contributed by atoms with van der Waals surface area (Å²) in [6, 6.07) is 3.73. The van der Waals surface area contributed by atoms with E-state index in [1.807, 2.05) is 0 Å². The molecule has 7 nitrogen and oxygen atoms in total. The Morgan fingerprint density at radius 2 is 2.06 bits per heavy atom. The van der Waals surface area contributed by atoms with Crippen LogP contribution in [0, 0.1) is 0 Å². The summed E-state index contributed by atoms with van der Waals surface area (Å²) in [6.07, 6.45) is -0.992. The van der Waals surface area contributed by atoms with E-state index in [-0.39, 0.29) is 22.9 Å². The molecule has 1 unspecified atom stereocenters. The number of aromatic hydroxyl groups is 1. The molecular formula is C10H16N2O5S. The number of aliphatic hydroxyl groups excluding tert-OH is 2. The minimum absolute atomic E-state index is 0.00683. The van der Waals surface area contributed by atoms with Crippen molar-refractivity contribution < 1.29 is 23.7 Å². The second-order valence-electron chi connectivity index (χ2n) is 3.60. The summed E-state index contributed by atoms with van der Waals surface area (Å²) in [5.74, 6) is -0.143. The first-order valence-electron chi connectivity index (χ1n) is 5.20. The van der Waals surface area contributed by atoms with Crippen molar-refractivity contribution in [3.05, 3.63) is 18.2 Å². The number of nitrogens with one attached hydrogen (secondary N) is 2. The highest BCUT2D eigenvalue weighted by molar-refractivity contribution is 7.89. The van der Waals surface area contributed by atoms with Gasteiger partial charge in [0, 0.05) is 6.54 Å². The van der Waals surface area contributed by atoms with E-state index in [0.717, 1.165) is 0 Å². The molecule has 0 radical (unpaired) electrons. The van der Waals surface area contributed by atoms with Gasteiger partial charge in [0.15, 0.2) is 0 Å². The molecule has 0 heterocycles. The second kappa shape index (κ2) is 6.01. The van der Waals surface area contributed by atoms with Crippen molar-refractivity contribution >= 4 is 15.7 Å². The van der Waals surface area contributed by atoms with Crippen molar-refractivity contribution in [3.63, 3.8) is 0 Å². The quantitative estimate of drug-likeness (QED) is 0.428. The largest absolute Gasteiger partial charge is 0.506 e. The van der Waals surface area contributed by atoms with E-state index in [0.29, 0.717) is 0 Å². The van der Waals surface area contributed by atoms with Gasteiger partial charge in [-0.15, -0.1) is 0 Å². The normalized spacial score (nSPS) is 13.3. The Kier molecular flexibility index (Phi) is 4.91. The van der Waals surface area contributed by atoms with Crippen LogP contribution in [-0.2, 0) is 10.0 Å². The third-order valence-electron chi connectivity index (χ3n) is 2.29. The van der Waals surface area contributed by atoms with Gasteiger partial charge >= 0.3 is 0 Å². The molecule has 0 saturated carbocycles. The van der Waals surface area contributed by atoms with E-state index in [1.165, 1.54) is 25.2 Å². The number of hydrogen-bond acceptors (Lipinski definition) is 6. The number of phenols is 1. The average molecular weight is 276 g/mol. The molecule has 1 aromatic carbocycles. The number of phenolic OH excluding ortho intramolecular Hbond substituents is 1. The molecule has 0 aliphatic heterocycles. The standard InChI is InChI=1S/C10H16N2O5S/c1-11-18(16,17)8-2-3-10(15)9(4-8)12-5-7(14)6-13/h2-4,7,11-15H,5-6H2,1H3. The average Bonchev–Trinajstić information content (AvgIpc) is 2.37. The molecule has 0 amide bonds. The first-order chi connectivity index (χ1) is 8.40. The number of hydrogen-bond donors (Lipinski definition) is 5. The molecule has 0 aromatic heterocycles. The third kappa shape index (κ3) is 3.57. The first-order valence-corrected chi connectivity index (χ1v) is 6.68. The highest BCUT2D eigenvalue weighted by Gasteiger charge is 2.14. The molecule has 0 saturated heterocycles. The molecule has 0 aliphatic carbocycles. The maximum atomic E-state index is 11.5. The van der Waals surface area contributed by atoms with Gasteiger partial charge in [-0.05, 0) is 25.2 Å². The Labute approximate surface area is 105 Å². The number of sulfonamides is 1. The molecule has 102 valence electrons. The first kappa shape index (κ1) is 14.7. The van der Waals surface area contributed by atoms with Gasteiger partial charge in [0.25, 0.3) is 0 Å². The topological polar surface area (TPSA) is 119 Å².